The molecule has 1 heterocycles. The Morgan fingerprint density at radius 3 is 2.89 bits per heavy atom. The van der Waals surface area contributed by atoms with Crippen molar-refractivity contribution >= 4 is 17.3 Å². The van der Waals surface area contributed by atoms with Crippen LogP contribution in [0.5, 0.6) is 5.75 Å². The molecule has 0 saturated heterocycles. The van der Waals surface area contributed by atoms with Gasteiger partial charge in [-0.1, -0.05) is 17.7 Å². The first-order valence-corrected chi connectivity index (χ1v) is 5.60. The van der Waals surface area contributed by atoms with E-state index in [1.54, 1.807) is 36.4 Å². The second kappa shape index (κ2) is 5.39. The molecule has 4 nitrogen and oxygen atoms in total. The Hall–Kier alpha value is -2.25. The monoisotopic (exact) mass is 259 g/mol. The first kappa shape index (κ1) is 12.2. The van der Waals surface area contributed by atoms with Crippen LogP contribution in [0.25, 0.3) is 0 Å². The summed E-state index contributed by atoms with van der Waals surface area (Å²) in [6.07, 6.45) is 0. The fraction of sp³-hybridized carbons (Fsp3) is 0.0769. The Balaban J connectivity index is 2.09. The lowest BCUT2D eigenvalue weighted by Crippen LogP contribution is -2.00. The number of ether oxygens (including phenoxy) is 1. The van der Waals surface area contributed by atoms with Crippen LogP contribution in [-0.4, -0.2) is 4.98 Å². The standard InChI is InChI=1S/C13H10ClN3O/c14-12-6-9(16)4-5-13(12)18-8-11-3-1-2-10(7-15)17-11/h1-6H,8,16H2. The quantitative estimate of drug-likeness (QED) is 0.861. The molecule has 0 aliphatic rings. The summed E-state index contributed by atoms with van der Waals surface area (Å²) in [6, 6.07) is 12.2. The lowest BCUT2D eigenvalue weighted by molar-refractivity contribution is 0.301. The largest absolute Gasteiger partial charge is 0.486 e. The van der Waals surface area contributed by atoms with Crippen molar-refractivity contribution in [1.82, 2.24) is 4.98 Å². The number of nitrogen functional groups attached to an aromatic ring is 1. The van der Waals surface area contributed by atoms with Crippen LogP contribution in [-0.2, 0) is 6.61 Å². The van der Waals surface area contributed by atoms with Crippen LogP contribution in [0.4, 0.5) is 5.69 Å². The summed E-state index contributed by atoms with van der Waals surface area (Å²) < 4.78 is 5.52. The summed E-state index contributed by atoms with van der Waals surface area (Å²) in [5.74, 6) is 0.537. The van der Waals surface area contributed by atoms with E-state index in [-0.39, 0.29) is 6.61 Å². The fourth-order valence-electron chi connectivity index (χ4n) is 1.41. The molecule has 0 spiro atoms. The minimum Gasteiger partial charge on any atom is -0.486 e. The average Bonchev–Trinajstić information content (AvgIpc) is 2.38. The van der Waals surface area contributed by atoms with Crippen LogP contribution in [0.1, 0.15) is 11.4 Å². The number of benzene rings is 1. The molecule has 1 aromatic carbocycles. The third-order valence-corrected chi connectivity index (χ3v) is 2.55. The summed E-state index contributed by atoms with van der Waals surface area (Å²) >= 11 is 5.98. The van der Waals surface area contributed by atoms with Crippen molar-refractivity contribution in [2.24, 2.45) is 0 Å². The van der Waals surface area contributed by atoms with E-state index >= 15 is 0 Å². The van der Waals surface area contributed by atoms with Gasteiger partial charge in [0.2, 0.25) is 0 Å². The van der Waals surface area contributed by atoms with E-state index in [2.05, 4.69) is 4.98 Å². The average molecular weight is 260 g/mol. The molecule has 0 aliphatic heterocycles. The minimum absolute atomic E-state index is 0.249. The maximum Gasteiger partial charge on any atom is 0.140 e. The molecule has 2 N–H and O–H groups in total. The topological polar surface area (TPSA) is 71.9 Å². The first-order chi connectivity index (χ1) is 8.69. The smallest absolute Gasteiger partial charge is 0.140 e. The van der Waals surface area contributed by atoms with Gasteiger partial charge < -0.3 is 10.5 Å². The molecule has 0 saturated carbocycles. The molecule has 5 heteroatoms. The maximum atomic E-state index is 8.73. The van der Waals surface area contributed by atoms with E-state index in [9.17, 15) is 0 Å². The molecule has 0 fully saturated rings. The number of rotatable bonds is 3. The van der Waals surface area contributed by atoms with Gasteiger partial charge in [0.1, 0.15) is 24.1 Å². The highest BCUT2D eigenvalue weighted by molar-refractivity contribution is 6.32. The van der Waals surface area contributed by atoms with Gasteiger partial charge in [-0.25, -0.2) is 4.98 Å². The number of nitriles is 1. The highest BCUT2D eigenvalue weighted by atomic mass is 35.5. The van der Waals surface area contributed by atoms with Gasteiger partial charge in [0.05, 0.1) is 10.7 Å². The zero-order chi connectivity index (χ0) is 13.0. The van der Waals surface area contributed by atoms with Crippen molar-refractivity contribution in [3.63, 3.8) is 0 Å². The number of nitrogens with zero attached hydrogens (tertiary/aromatic N) is 2. The van der Waals surface area contributed by atoms with Gasteiger partial charge in [-0.05, 0) is 30.3 Å². The third kappa shape index (κ3) is 2.90. The van der Waals surface area contributed by atoms with Gasteiger partial charge in [-0.3, -0.25) is 0 Å². The molecule has 0 aliphatic carbocycles. The zero-order valence-electron chi connectivity index (χ0n) is 9.43. The van der Waals surface area contributed by atoms with Crippen LogP contribution in [0.2, 0.25) is 5.02 Å². The molecular weight excluding hydrogens is 250 g/mol. The van der Waals surface area contributed by atoms with Crippen molar-refractivity contribution in [2.45, 2.75) is 6.61 Å². The number of hydrogen-bond acceptors (Lipinski definition) is 4. The number of aromatic nitrogens is 1. The Labute approximate surface area is 110 Å². The molecular formula is C13H10ClN3O. The van der Waals surface area contributed by atoms with E-state index in [0.29, 0.717) is 27.8 Å². The number of nitrogens with two attached hydrogens (primary N) is 1. The number of anilines is 1. The Morgan fingerprint density at radius 1 is 1.33 bits per heavy atom. The molecule has 90 valence electrons. The first-order valence-electron chi connectivity index (χ1n) is 5.23. The van der Waals surface area contributed by atoms with Crippen LogP contribution in [0.3, 0.4) is 0 Å². The molecule has 18 heavy (non-hydrogen) atoms. The summed E-state index contributed by atoms with van der Waals surface area (Å²) in [5.41, 5.74) is 7.19. The van der Waals surface area contributed by atoms with Gasteiger partial charge in [0.25, 0.3) is 0 Å². The normalized spacial score (nSPS) is 9.78. The molecule has 0 bridgehead atoms. The van der Waals surface area contributed by atoms with E-state index in [1.807, 2.05) is 6.07 Å². The summed E-state index contributed by atoms with van der Waals surface area (Å²) in [7, 11) is 0. The van der Waals surface area contributed by atoms with Gasteiger partial charge in [0, 0.05) is 5.69 Å². The van der Waals surface area contributed by atoms with Gasteiger partial charge in [-0.2, -0.15) is 5.26 Å². The van der Waals surface area contributed by atoms with Crippen LogP contribution in [0.15, 0.2) is 36.4 Å². The van der Waals surface area contributed by atoms with Crippen molar-refractivity contribution < 1.29 is 4.74 Å². The molecule has 2 rings (SSSR count). The van der Waals surface area contributed by atoms with E-state index in [4.69, 9.17) is 27.3 Å². The lowest BCUT2D eigenvalue weighted by atomic mass is 10.3. The molecule has 0 amide bonds. The van der Waals surface area contributed by atoms with E-state index in [1.165, 1.54) is 0 Å². The van der Waals surface area contributed by atoms with E-state index < -0.39 is 0 Å². The Bertz CT molecular complexity index is 607. The Morgan fingerprint density at radius 2 is 2.17 bits per heavy atom. The Kier molecular flexibility index (Phi) is 3.66. The second-order valence-electron chi connectivity index (χ2n) is 3.60. The van der Waals surface area contributed by atoms with Gasteiger partial charge >= 0.3 is 0 Å². The lowest BCUT2D eigenvalue weighted by Gasteiger charge is -2.08. The van der Waals surface area contributed by atoms with E-state index in [0.717, 1.165) is 0 Å². The predicted octanol–water partition coefficient (Wildman–Crippen LogP) is 2.77. The van der Waals surface area contributed by atoms with Crippen molar-refractivity contribution in [3.05, 3.63) is 52.8 Å². The highest BCUT2D eigenvalue weighted by Gasteiger charge is 2.03. The van der Waals surface area contributed by atoms with Crippen LogP contribution in [0, 0.1) is 11.3 Å². The molecule has 1 aromatic heterocycles. The summed E-state index contributed by atoms with van der Waals surface area (Å²) in [5, 5.41) is 9.18. The molecule has 2 aromatic rings. The predicted molar refractivity (Wildman–Crippen MR) is 69.1 cm³/mol. The van der Waals surface area contributed by atoms with Crippen molar-refractivity contribution in [2.75, 3.05) is 5.73 Å². The van der Waals surface area contributed by atoms with Crippen molar-refractivity contribution in [1.29, 1.82) is 5.26 Å². The molecule has 0 radical (unpaired) electrons. The van der Waals surface area contributed by atoms with Crippen LogP contribution >= 0.6 is 11.6 Å². The van der Waals surface area contributed by atoms with Gasteiger partial charge in [-0.15, -0.1) is 0 Å². The summed E-state index contributed by atoms with van der Waals surface area (Å²) in [4.78, 5) is 4.10. The van der Waals surface area contributed by atoms with Crippen LogP contribution < -0.4 is 10.5 Å². The molecule has 0 atom stereocenters. The molecule has 0 unspecified atom stereocenters. The van der Waals surface area contributed by atoms with Crippen molar-refractivity contribution in [3.8, 4) is 11.8 Å². The SMILES string of the molecule is N#Cc1cccc(COc2ccc(N)cc2Cl)n1. The maximum absolute atomic E-state index is 8.73. The number of pyridine rings is 1. The second-order valence-corrected chi connectivity index (χ2v) is 4.01. The number of hydrogen-bond donors (Lipinski definition) is 1. The highest BCUT2D eigenvalue weighted by Crippen LogP contribution is 2.26. The third-order valence-electron chi connectivity index (χ3n) is 2.25. The fourth-order valence-corrected chi connectivity index (χ4v) is 1.65. The minimum atomic E-state index is 0.249. The van der Waals surface area contributed by atoms with Gasteiger partial charge in [0.15, 0.2) is 0 Å². The zero-order valence-corrected chi connectivity index (χ0v) is 10.2. The number of halogens is 1. The summed E-state index contributed by atoms with van der Waals surface area (Å²) in [6.45, 7) is 0.249.